The van der Waals surface area contributed by atoms with E-state index in [-0.39, 0.29) is 4.90 Å². The minimum Gasteiger partial charge on any atom is -0.207 e. The topological polar surface area (TPSA) is 46.5 Å². The average Bonchev–Trinajstić information content (AvgIpc) is 2.37. The van der Waals surface area contributed by atoms with E-state index in [2.05, 4.69) is 4.40 Å². The highest BCUT2D eigenvalue weighted by Crippen LogP contribution is 2.34. The Morgan fingerprint density at radius 1 is 1.25 bits per heavy atom. The number of hydrogen-bond acceptors (Lipinski definition) is 2. The fourth-order valence-electron chi connectivity index (χ4n) is 1.67. The fourth-order valence-corrected chi connectivity index (χ4v) is 3.06. The Balaban J connectivity index is 2.77. The third kappa shape index (κ3) is 1.65. The van der Waals surface area contributed by atoms with Crippen LogP contribution in [0.1, 0.15) is 26.3 Å². The first-order chi connectivity index (χ1) is 7.22. The summed E-state index contributed by atoms with van der Waals surface area (Å²) in [5.74, 6) is -0.451. The molecule has 0 unspecified atom stereocenters. The number of nitrogens with zero attached hydrogens (tertiary/aromatic N) is 1. The van der Waals surface area contributed by atoms with Gasteiger partial charge in [-0.25, -0.2) is 4.39 Å². The lowest BCUT2D eigenvalue weighted by Gasteiger charge is -2.18. The highest BCUT2D eigenvalue weighted by molar-refractivity contribution is 7.90. The van der Waals surface area contributed by atoms with Gasteiger partial charge in [-0.3, -0.25) is 0 Å². The van der Waals surface area contributed by atoms with Crippen LogP contribution in [0.3, 0.4) is 0 Å². The van der Waals surface area contributed by atoms with E-state index < -0.39 is 21.3 Å². The Morgan fingerprint density at radius 2 is 1.88 bits per heavy atom. The molecule has 1 aliphatic heterocycles. The van der Waals surface area contributed by atoms with Crippen LogP contribution in [0.25, 0.3) is 0 Å². The maximum atomic E-state index is 13.1. The fraction of sp³-hybridized carbons (Fsp3) is 0.364. The Morgan fingerprint density at radius 3 is 2.44 bits per heavy atom. The Bertz CT molecular complexity index is 582. The van der Waals surface area contributed by atoms with E-state index in [4.69, 9.17) is 0 Å². The summed E-state index contributed by atoms with van der Waals surface area (Å²) in [6.45, 7) is 5.55. The van der Waals surface area contributed by atoms with Crippen LogP contribution in [0.5, 0.6) is 0 Å². The van der Waals surface area contributed by atoms with Gasteiger partial charge in [0.05, 0.1) is 10.6 Å². The van der Waals surface area contributed by atoms with Gasteiger partial charge in [-0.1, -0.05) is 20.8 Å². The molecule has 1 aliphatic rings. The van der Waals surface area contributed by atoms with Crippen LogP contribution in [0.2, 0.25) is 0 Å². The first-order valence-corrected chi connectivity index (χ1v) is 6.31. The summed E-state index contributed by atoms with van der Waals surface area (Å²) >= 11 is 0. The highest BCUT2D eigenvalue weighted by Gasteiger charge is 2.34. The summed E-state index contributed by atoms with van der Waals surface area (Å²) in [7, 11) is -3.63. The zero-order valence-electron chi connectivity index (χ0n) is 9.28. The van der Waals surface area contributed by atoms with Crippen LogP contribution in [0.15, 0.2) is 27.5 Å². The van der Waals surface area contributed by atoms with Crippen molar-refractivity contribution in [3.05, 3.63) is 29.6 Å². The Kier molecular flexibility index (Phi) is 2.21. The van der Waals surface area contributed by atoms with Crippen molar-refractivity contribution in [2.75, 3.05) is 0 Å². The number of benzene rings is 1. The molecule has 1 aromatic carbocycles. The van der Waals surface area contributed by atoms with Crippen LogP contribution >= 0.6 is 0 Å². The van der Waals surface area contributed by atoms with E-state index in [1.807, 2.05) is 20.8 Å². The molecule has 0 amide bonds. The molecule has 0 saturated carbocycles. The first-order valence-electron chi connectivity index (χ1n) is 4.87. The van der Waals surface area contributed by atoms with E-state index in [9.17, 15) is 12.8 Å². The van der Waals surface area contributed by atoms with Crippen molar-refractivity contribution in [1.82, 2.24) is 0 Å². The van der Waals surface area contributed by atoms with E-state index in [0.717, 1.165) is 6.07 Å². The van der Waals surface area contributed by atoms with Crippen molar-refractivity contribution >= 4 is 15.7 Å². The number of hydrogen-bond donors (Lipinski definition) is 0. The van der Waals surface area contributed by atoms with Gasteiger partial charge >= 0.3 is 0 Å². The molecule has 0 bridgehead atoms. The maximum Gasteiger partial charge on any atom is 0.283 e. The number of halogens is 1. The van der Waals surface area contributed by atoms with E-state index in [1.54, 1.807) is 0 Å². The molecule has 0 fully saturated rings. The average molecular weight is 241 g/mol. The first kappa shape index (κ1) is 11.3. The van der Waals surface area contributed by atoms with Crippen LogP contribution in [0, 0.1) is 11.2 Å². The number of sulfonamides is 1. The molecule has 3 nitrogen and oxygen atoms in total. The molecule has 0 aliphatic carbocycles. The second-order valence-corrected chi connectivity index (χ2v) is 6.38. The number of fused-ring (bicyclic) bond motifs is 1. The molecular weight excluding hydrogens is 229 g/mol. The number of rotatable bonds is 0. The Hall–Kier alpha value is -1.23. The molecule has 0 aromatic heterocycles. The molecule has 2 rings (SSSR count). The molecule has 5 heteroatoms. The summed E-state index contributed by atoms with van der Waals surface area (Å²) in [5, 5.41) is 0. The molecule has 1 heterocycles. The van der Waals surface area contributed by atoms with Crippen molar-refractivity contribution in [2.24, 2.45) is 9.81 Å². The maximum absolute atomic E-state index is 13.1. The molecule has 0 spiro atoms. The lowest BCUT2D eigenvalue weighted by atomic mass is 9.86. The van der Waals surface area contributed by atoms with E-state index in [0.29, 0.717) is 11.3 Å². The molecular formula is C11H12FNO2S. The SMILES string of the molecule is CC(C)(C)C1=NS(=O)(=O)c2ccc(F)cc21. The molecule has 0 N–H and O–H groups in total. The molecule has 0 saturated heterocycles. The van der Waals surface area contributed by atoms with E-state index >= 15 is 0 Å². The lowest BCUT2D eigenvalue weighted by molar-refractivity contribution is 0.588. The van der Waals surface area contributed by atoms with Gasteiger partial charge in [-0.2, -0.15) is 12.8 Å². The summed E-state index contributed by atoms with van der Waals surface area (Å²) in [4.78, 5) is 0.0961. The van der Waals surface area contributed by atoms with Crippen LogP contribution in [-0.2, 0) is 10.0 Å². The third-order valence-electron chi connectivity index (χ3n) is 2.40. The van der Waals surface area contributed by atoms with Gasteiger partial charge in [0.25, 0.3) is 10.0 Å². The summed E-state index contributed by atoms with van der Waals surface area (Å²) in [5.41, 5.74) is 0.376. The third-order valence-corrected chi connectivity index (χ3v) is 3.73. The van der Waals surface area contributed by atoms with Gasteiger partial charge in [-0.15, -0.1) is 0 Å². The molecule has 0 radical (unpaired) electrons. The van der Waals surface area contributed by atoms with Gasteiger partial charge in [-0.05, 0) is 18.2 Å². The normalized spacial score (nSPS) is 18.1. The van der Waals surface area contributed by atoms with Crippen molar-refractivity contribution in [3.63, 3.8) is 0 Å². The standard InChI is InChI=1S/C11H12FNO2S/c1-11(2,3)10-8-6-7(12)4-5-9(8)16(14,15)13-10/h4-6H,1-3H3. The van der Waals surface area contributed by atoms with Crippen molar-refractivity contribution < 1.29 is 12.8 Å². The summed E-state index contributed by atoms with van der Waals surface area (Å²) < 4.78 is 40.3. The van der Waals surface area contributed by atoms with Gasteiger partial charge in [0.15, 0.2) is 0 Å². The van der Waals surface area contributed by atoms with E-state index in [1.165, 1.54) is 12.1 Å². The van der Waals surface area contributed by atoms with Gasteiger partial charge in [0.2, 0.25) is 0 Å². The monoisotopic (exact) mass is 241 g/mol. The van der Waals surface area contributed by atoms with Gasteiger partial charge in [0, 0.05) is 11.0 Å². The molecule has 0 atom stereocenters. The largest absolute Gasteiger partial charge is 0.283 e. The molecule has 86 valence electrons. The minimum absolute atomic E-state index is 0.0961. The summed E-state index contributed by atoms with van der Waals surface area (Å²) in [6.07, 6.45) is 0. The predicted molar refractivity (Wildman–Crippen MR) is 59.6 cm³/mol. The summed E-state index contributed by atoms with van der Waals surface area (Å²) in [6, 6.07) is 3.63. The van der Waals surface area contributed by atoms with Crippen molar-refractivity contribution in [1.29, 1.82) is 0 Å². The van der Waals surface area contributed by atoms with Crippen LogP contribution < -0.4 is 0 Å². The van der Waals surface area contributed by atoms with Gasteiger partial charge in [0.1, 0.15) is 5.82 Å². The van der Waals surface area contributed by atoms with Gasteiger partial charge < -0.3 is 0 Å². The second-order valence-electron chi connectivity index (χ2n) is 4.81. The van der Waals surface area contributed by atoms with Crippen LogP contribution in [0.4, 0.5) is 4.39 Å². The van der Waals surface area contributed by atoms with Crippen molar-refractivity contribution in [3.8, 4) is 0 Å². The zero-order chi connectivity index (χ0) is 12.1. The quantitative estimate of drug-likeness (QED) is 0.700. The van der Waals surface area contributed by atoms with Crippen LogP contribution in [-0.4, -0.2) is 14.1 Å². The Labute approximate surface area is 94.1 Å². The molecule has 1 aromatic rings. The smallest absolute Gasteiger partial charge is 0.207 e. The minimum atomic E-state index is -3.63. The molecule has 16 heavy (non-hydrogen) atoms. The highest BCUT2D eigenvalue weighted by atomic mass is 32.2. The zero-order valence-corrected chi connectivity index (χ0v) is 10.1. The lowest BCUT2D eigenvalue weighted by Crippen LogP contribution is -2.19. The second kappa shape index (κ2) is 3.13. The predicted octanol–water partition coefficient (Wildman–Crippen LogP) is 2.36. The van der Waals surface area contributed by atoms with Crippen molar-refractivity contribution in [2.45, 2.75) is 25.7 Å².